The SMILES string of the molecule is C[C@H](NC(=O)OC(C)(C)C)C(=O)NC1CCN(C(=O)O)CC1. The smallest absolute Gasteiger partial charge is 0.408 e. The molecule has 1 aliphatic heterocycles. The molecule has 0 aromatic carbocycles. The van der Waals surface area contributed by atoms with Crippen LogP contribution in [0.4, 0.5) is 9.59 Å². The van der Waals surface area contributed by atoms with Gasteiger partial charge in [-0.05, 0) is 40.5 Å². The third-order valence-electron chi connectivity index (χ3n) is 3.24. The molecule has 1 fully saturated rings. The molecule has 8 nitrogen and oxygen atoms in total. The van der Waals surface area contributed by atoms with Crippen LogP contribution in [0.3, 0.4) is 0 Å². The van der Waals surface area contributed by atoms with Crippen LogP contribution >= 0.6 is 0 Å². The van der Waals surface area contributed by atoms with Crippen LogP contribution in [0.1, 0.15) is 40.5 Å². The molecule has 8 heteroatoms. The fourth-order valence-corrected chi connectivity index (χ4v) is 2.09. The number of hydrogen-bond donors (Lipinski definition) is 3. The van der Waals surface area contributed by atoms with E-state index >= 15 is 0 Å². The summed E-state index contributed by atoms with van der Waals surface area (Å²) in [6, 6.07) is -0.793. The highest BCUT2D eigenvalue weighted by atomic mass is 16.6. The van der Waals surface area contributed by atoms with Crippen molar-refractivity contribution in [1.82, 2.24) is 15.5 Å². The maximum absolute atomic E-state index is 12.0. The fourth-order valence-electron chi connectivity index (χ4n) is 2.09. The lowest BCUT2D eigenvalue weighted by molar-refractivity contribution is -0.123. The normalized spacial score (nSPS) is 17.5. The second-order valence-corrected chi connectivity index (χ2v) is 6.42. The van der Waals surface area contributed by atoms with Crippen molar-refractivity contribution in [3.05, 3.63) is 0 Å². The number of nitrogens with one attached hydrogen (secondary N) is 2. The first-order chi connectivity index (χ1) is 10.1. The van der Waals surface area contributed by atoms with Crippen LogP contribution in [0.15, 0.2) is 0 Å². The molecule has 126 valence electrons. The van der Waals surface area contributed by atoms with E-state index in [-0.39, 0.29) is 11.9 Å². The number of carboxylic acid groups (broad SMARTS) is 1. The van der Waals surface area contributed by atoms with Gasteiger partial charge in [-0.3, -0.25) is 4.79 Å². The Labute approximate surface area is 130 Å². The molecule has 3 N–H and O–H groups in total. The van der Waals surface area contributed by atoms with Gasteiger partial charge in [0.2, 0.25) is 5.91 Å². The van der Waals surface area contributed by atoms with Gasteiger partial charge in [0.15, 0.2) is 0 Å². The molecule has 0 aromatic rings. The minimum absolute atomic E-state index is 0.0778. The average molecular weight is 315 g/mol. The van der Waals surface area contributed by atoms with Crippen molar-refractivity contribution in [3.63, 3.8) is 0 Å². The Hall–Kier alpha value is -1.99. The van der Waals surface area contributed by atoms with Crippen LogP contribution < -0.4 is 10.6 Å². The van der Waals surface area contributed by atoms with Gasteiger partial charge < -0.3 is 25.4 Å². The molecular weight excluding hydrogens is 290 g/mol. The monoisotopic (exact) mass is 315 g/mol. The summed E-state index contributed by atoms with van der Waals surface area (Å²) in [5.41, 5.74) is -0.621. The van der Waals surface area contributed by atoms with Crippen molar-refractivity contribution >= 4 is 18.1 Å². The predicted molar refractivity (Wildman–Crippen MR) is 79.6 cm³/mol. The summed E-state index contributed by atoms with van der Waals surface area (Å²) >= 11 is 0. The van der Waals surface area contributed by atoms with E-state index in [4.69, 9.17) is 9.84 Å². The minimum Gasteiger partial charge on any atom is -0.465 e. The van der Waals surface area contributed by atoms with Crippen molar-refractivity contribution < 1.29 is 24.2 Å². The van der Waals surface area contributed by atoms with Gasteiger partial charge in [0, 0.05) is 19.1 Å². The number of ether oxygens (including phenoxy) is 1. The quantitative estimate of drug-likeness (QED) is 0.724. The molecule has 0 aliphatic carbocycles. The zero-order valence-electron chi connectivity index (χ0n) is 13.5. The number of amides is 3. The minimum atomic E-state index is -0.940. The van der Waals surface area contributed by atoms with Crippen molar-refractivity contribution in [2.45, 2.75) is 58.2 Å². The summed E-state index contributed by atoms with van der Waals surface area (Å²) in [4.78, 5) is 35.7. The summed E-state index contributed by atoms with van der Waals surface area (Å²) in [5, 5.41) is 14.2. The Balaban J connectivity index is 2.36. The van der Waals surface area contributed by atoms with Crippen LogP contribution in [0, 0.1) is 0 Å². The van der Waals surface area contributed by atoms with Crippen molar-refractivity contribution in [2.24, 2.45) is 0 Å². The van der Waals surface area contributed by atoms with E-state index in [9.17, 15) is 14.4 Å². The maximum Gasteiger partial charge on any atom is 0.408 e. The zero-order valence-corrected chi connectivity index (χ0v) is 13.5. The molecule has 0 aromatic heterocycles. The Kier molecular flexibility index (Phi) is 6.01. The van der Waals surface area contributed by atoms with Gasteiger partial charge in [-0.15, -0.1) is 0 Å². The molecule has 0 spiro atoms. The lowest BCUT2D eigenvalue weighted by Crippen LogP contribution is -2.52. The van der Waals surface area contributed by atoms with E-state index in [0.29, 0.717) is 25.9 Å². The molecule has 1 aliphatic rings. The van der Waals surface area contributed by atoms with E-state index in [1.54, 1.807) is 27.7 Å². The molecule has 1 heterocycles. The molecule has 22 heavy (non-hydrogen) atoms. The number of alkyl carbamates (subject to hydrolysis) is 1. The molecule has 1 atom stereocenters. The first-order valence-corrected chi connectivity index (χ1v) is 7.36. The third-order valence-corrected chi connectivity index (χ3v) is 3.24. The van der Waals surface area contributed by atoms with E-state index in [1.807, 2.05) is 0 Å². The lowest BCUT2D eigenvalue weighted by Gasteiger charge is -2.31. The Morgan fingerprint density at radius 2 is 1.77 bits per heavy atom. The molecule has 1 saturated heterocycles. The summed E-state index contributed by atoms with van der Waals surface area (Å²) in [5.74, 6) is -0.306. The van der Waals surface area contributed by atoms with Gasteiger partial charge in [0.25, 0.3) is 0 Å². The van der Waals surface area contributed by atoms with Crippen LogP contribution in [0.25, 0.3) is 0 Å². The molecule has 0 radical (unpaired) electrons. The maximum atomic E-state index is 12.0. The molecule has 3 amide bonds. The van der Waals surface area contributed by atoms with E-state index in [0.717, 1.165) is 0 Å². The van der Waals surface area contributed by atoms with Crippen molar-refractivity contribution in [2.75, 3.05) is 13.1 Å². The van der Waals surface area contributed by atoms with Gasteiger partial charge in [0.05, 0.1) is 0 Å². The van der Waals surface area contributed by atoms with Gasteiger partial charge >= 0.3 is 12.2 Å². The lowest BCUT2D eigenvalue weighted by atomic mass is 10.1. The standard InChI is InChI=1S/C14H25N3O5/c1-9(15-12(19)22-14(2,3)4)11(18)16-10-5-7-17(8-6-10)13(20)21/h9-10H,5-8H2,1-4H3,(H,15,19)(H,16,18)(H,20,21)/t9-/m0/s1. The van der Waals surface area contributed by atoms with E-state index < -0.39 is 23.8 Å². The fraction of sp³-hybridized carbons (Fsp3) is 0.786. The summed E-state index contributed by atoms with van der Waals surface area (Å²) in [7, 11) is 0. The van der Waals surface area contributed by atoms with Crippen LogP contribution in [-0.2, 0) is 9.53 Å². The predicted octanol–water partition coefficient (Wildman–Crippen LogP) is 1.16. The Bertz CT molecular complexity index is 425. The number of rotatable bonds is 3. The largest absolute Gasteiger partial charge is 0.465 e. The number of nitrogens with zero attached hydrogens (tertiary/aromatic N) is 1. The second-order valence-electron chi connectivity index (χ2n) is 6.42. The topological polar surface area (TPSA) is 108 Å². The number of likely N-dealkylation sites (tertiary alicyclic amines) is 1. The zero-order chi connectivity index (χ0) is 16.9. The Morgan fingerprint density at radius 3 is 2.23 bits per heavy atom. The summed E-state index contributed by atoms with van der Waals surface area (Å²) < 4.78 is 5.09. The third kappa shape index (κ3) is 6.19. The number of carbonyl (C=O) groups is 3. The van der Waals surface area contributed by atoms with Gasteiger partial charge in [-0.2, -0.15) is 0 Å². The molecule has 0 unspecified atom stereocenters. The molecule has 1 rings (SSSR count). The summed E-state index contributed by atoms with van der Waals surface area (Å²) in [6.07, 6.45) is -0.449. The van der Waals surface area contributed by atoms with Crippen LogP contribution in [-0.4, -0.2) is 58.9 Å². The molecule has 0 bridgehead atoms. The number of hydrogen-bond acceptors (Lipinski definition) is 4. The highest BCUT2D eigenvalue weighted by Crippen LogP contribution is 2.11. The first-order valence-electron chi connectivity index (χ1n) is 7.36. The van der Waals surface area contributed by atoms with E-state index in [1.165, 1.54) is 4.90 Å². The van der Waals surface area contributed by atoms with Gasteiger partial charge in [-0.25, -0.2) is 9.59 Å². The average Bonchev–Trinajstić information content (AvgIpc) is 2.36. The van der Waals surface area contributed by atoms with Crippen LogP contribution in [0.2, 0.25) is 0 Å². The van der Waals surface area contributed by atoms with Crippen molar-refractivity contribution in [1.29, 1.82) is 0 Å². The molecular formula is C14H25N3O5. The first kappa shape index (κ1) is 18.1. The number of carbonyl (C=O) groups excluding carboxylic acids is 2. The highest BCUT2D eigenvalue weighted by molar-refractivity contribution is 5.85. The Morgan fingerprint density at radius 1 is 1.23 bits per heavy atom. The van der Waals surface area contributed by atoms with E-state index in [2.05, 4.69) is 10.6 Å². The van der Waals surface area contributed by atoms with Gasteiger partial charge in [0.1, 0.15) is 11.6 Å². The second kappa shape index (κ2) is 7.33. The highest BCUT2D eigenvalue weighted by Gasteiger charge is 2.26. The van der Waals surface area contributed by atoms with Crippen LogP contribution in [0.5, 0.6) is 0 Å². The molecule has 0 saturated carbocycles. The van der Waals surface area contributed by atoms with Gasteiger partial charge in [-0.1, -0.05) is 0 Å². The number of piperidine rings is 1. The summed E-state index contributed by atoms with van der Waals surface area (Å²) in [6.45, 7) is 7.60. The van der Waals surface area contributed by atoms with Crippen molar-refractivity contribution in [3.8, 4) is 0 Å².